The van der Waals surface area contributed by atoms with Crippen molar-refractivity contribution in [2.24, 2.45) is 0 Å². The predicted octanol–water partition coefficient (Wildman–Crippen LogP) is 2.91. The molecule has 4 N–H and O–H groups in total. The van der Waals surface area contributed by atoms with E-state index in [4.69, 9.17) is 52.0 Å². The van der Waals surface area contributed by atoms with Crippen molar-refractivity contribution < 1.29 is 52.8 Å². The Balaban J connectivity index is 0.709. The first-order valence-electron chi connectivity index (χ1n) is 23.8. The Morgan fingerprint density at radius 1 is 0.845 bits per heavy atom. The van der Waals surface area contributed by atoms with Gasteiger partial charge in [-0.15, -0.1) is 11.3 Å². The molecule has 20 nitrogen and oxygen atoms in total. The Kier molecular flexibility index (Phi) is 22.6. The van der Waals surface area contributed by atoms with Gasteiger partial charge in [0, 0.05) is 104 Å². The molecule has 1 fully saturated rings. The molecule has 0 aliphatic carbocycles. The fraction of sp³-hybridized carbons (Fsp3) is 0.542. The smallest absolute Gasteiger partial charge is 0.248 e. The van der Waals surface area contributed by atoms with Gasteiger partial charge in [0.05, 0.1) is 98.9 Å². The number of nitrogens with zero attached hydrogens (tertiary/aromatic N) is 6. The summed E-state index contributed by atoms with van der Waals surface area (Å²) in [5, 5.41) is 22.3. The van der Waals surface area contributed by atoms with E-state index in [1.807, 2.05) is 43.4 Å². The van der Waals surface area contributed by atoms with Gasteiger partial charge in [0.2, 0.25) is 29.5 Å². The zero-order valence-electron chi connectivity index (χ0n) is 40.4. The topological polar surface area (TPSA) is 222 Å². The maximum absolute atomic E-state index is 12.8. The quantitative estimate of drug-likeness (QED) is 0.0437. The number of aliphatic hydroxyl groups excluding tert-OH is 1. The van der Waals surface area contributed by atoms with Crippen LogP contribution in [0.4, 0.5) is 5.00 Å². The van der Waals surface area contributed by atoms with E-state index in [2.05, 4.69) is 15.6 Å². The molecule has 0 bridgehead atoms. The fourth-order valence-corrected chi connectivity index (χ4v) is 9.27. The van der Waals surface area contributed by atoms with E-state index in [1.165, 1.54) is 17.4 Å². The monoisotopic (exact) mass is 1050 g/mol. The van der Waals surface area contributed by atoms with E-state index >= 15 is 0 Å². The van der Waals surface area contributed by atoms with Crippen LogP contribution in [0.1, 0.15) is 29.0 Å². The number of aryl methyl sites for hydroxylation is 1. The molecule has 1 aromatic carbocycles. The lowest BCUT2D eigenvalue weighted by Crippen LogP contribution is -2.51. The van der Waals surface area contributed by atoms with Gasteiger partial charge in [-0.25, -0.2) is 0 Å². The molecule has 388 valence electrons. The Morgan fingerprint density at radius 2 is 1.52 bits per heavy atom. The lowest BCUT2D eigenvalue weighted by atomic mass is 9.99. The van der Waals surface area contributed by atoms with Crippen molar-refractivity contribution in [3.05, 3.63) is 68.8 Å². The highest BCUT2D eigenvalue weighted by Crippen LogP contribution is 2.42. The van der Waals surface area contributed by atoms with Crippen LogP contribution in [0.25, 0.3) is 22.2 Å². The molecule has 1 saturated heterocycles. The molecular formula is C48H65Cl2N9O11S. The van der Waals surface area contributed by atoms with Gasteiger partial charge in [0.25, 0.3) is 0 Å². The van der Waals surface area contributed by atoms with Crippen LogP contribution < -0.4 is 15.5 Å². The van der Waals surface area contributed by atoms with E-state index in [0.717, 1.165) is 32.1 Å². The summed E-state index contributed by atoms with van der Waals surface area (Å²) in [5.41, 5.74) is 4.01. The van der Waals surface area contributed by atoms with Gasteiger partial charge < -0.3 is 64.0 Å². The minimum absolute atomic E-state index is 0.0429. The van der Waals surface area contributed by atoms with Crippen molar-refractivity contribution in [2.45, 2.75) is 38.8 Å². The first-order valence-corrected chi connectivity index (χ1v) is 25.3. The summed E-state index contributed by atoms with van der Waals surface area (Å²) in [5.74, 6) is -0.834. The normalized spacial score (nSPS) is 14.1. The number of anilines is 1. The summed E-state index contributed by atoms with van der Waals surface area (Å²) in [6.07, 6.45) is 6.82. The second-order valence-corrected chi connectivity index (χ2v) is 18.9. The molecule has 6 rings (SSSR count). The van der Waals surface area contributed by atoms with Gasteiger partial charge in [-0.05, 0) is 44.8 Å². The van der Waals surface area contributed by atoms with Crippen molar-refractivity contribution in [3.8, 4) is 11.3 Å². The third-order valence-electron chi connectivity index (χ3n) is 11.5. The van der Waals surface area contributed by atoms with Crippen LogP contribution >= 0.6 is 34.5 Å². The van der Waals surface area contributed by atoms with Gasteiger partial charge >= 0.3 is 0 Å². The number of thiophene rings is 1. The SMILES string of the molecule is CN(C)C/C=C/C(=O)N1CCN(c2ccc(CCC(=O)NCCOCCOCCOCCOCCOCCC(=O)NCCn3ccc(-c4cc(Cl)c(Cl)c5[nH]c6c(c45)CN(C(=O)CO)CC6)n3)s2)C(=O)C1. The number of amides is 5. The highest BCUT2D eigenvalue weighted by atomic mass is 35.5. The average Bonchev–Trinajstić information content (AvgIpc) is 4.13. The van der Waals surface area contributed by atoms with Crippen LogP contribution in [0, 0.1) is 0 Å². The summed E-state index contributed by atoms with van der Waals surface area (Å²) < 4.78 is 29.4. The molecule has 0 atom stereocenters. The van der Waals surface area contributed by atoms with E-state index in [9.17, 15) is 29.1 Å². The van der Waals surface area contributed by atoms with E-state index in [1.54, 1.807) is 31.5 Å². The van der Waals surface area contributed by atoms with Gasteiger partial charge in [-0.2, -0.15) is 5.10 Å². The summed E-state index contributed by atoms with van der Waals surface area (Å²) in [7, 11) is 3.84. The van der Waals surface area contributed by atoms with Crippen LogP contribution in [0.2, 0.25) is 10.0 Å². The number of carbonyl (C=O) groups is 5. The summed E-state index contributed by atoms with van der Waals surface area (Å²) >= 11 is 14.6. The zero-order chi connectivity index (χ0) is 50.5. The van der Waals surface area contributed by atoms with Crippen LogP contribution in [-0.2, 0) is 73.6 Å². The van der Waals surface area contributed by atoms with Crippen LogP contribution in [0.15, 0.2) is 42.6 Å². The molecule has 0 spiro atoms. The van der Waals surface area contributed by atoms with Gasteiger partial charge in [-0.1, -0.05) is 29.3 Å². The van der Waals surface area contributed by atoms with Crippen molar-refractivity contribution >= 4 is 80.0 Å². The summed E-state index contributed by atoms with van der Waals surface area (Å²) in [6, 6.07) is 7.48. The second kappa shape index (κ2) is 28.9. The molecule has 3 aromatic heterocycles. The number of fused-ring (bicyclic) bond motifs is 3. The molecule has 23 heteroatoms. The molecule has 0 unspecified atom stereocenters. The summed E-state index contributed by atoms with van der Waals surface area (Å²) in [4.78, 5) is 73.5. The number of hydrogen-bond acceptors (Lipinski definition) is 14. The molecular weight excluding hydrogens is 982 g/mol. The number of H-pyrrole nitrogens is 1. The van der Waals surface area contributed by atoms with Crippen molar-refractivity contribution in [1.29, 1.82) is 0 Å². The number of halogens is 2. The summed E-state index contributed by atoms with van der Waals surface area (Å²) in [6.45, 7) is 6.82. The molecule has 71 heavy (non-hydrogen) atoms. The predicted molar refractivity (Wildman–Crippen MR) is 270 cm³/mol. The lowest BCUT2D eigenvalue weighted by Gasteiger charge is -2.33. The van der Waals surface area contributed by atoms with Crippen molar-refractivity contribution in [2.75, 3.05) is 137 Å². The molecule has 0 saturated carbocycles. The Morgan fingerprint density at radius 3 is 2.21 bits per heavy atom. The van der Waals surface area contributed by atoms with Crippen molar-refractivity contribution in [1.82, 2.24) is 40.1 Å². The van der Waals surface area contributed by atoms with Gasteiger partial charge in [0.1, 0.15) is 13.2 Å². The van der Waals surface area contributed by atoms with Crippen LogP contribution in [-0.4, -0.2) is 197 Å². The number of aromatic nitrogens is 3. The minimum atomic E-state index is -0.552. The number of likely N-dealkylation sites (N-methyl/N-ethyl adjacent to an activating group) is 1. The molecule has 4 aromatic rings. The number of aromatic amines is 1. The molecule has 2 aliphatic heterocycles. The number of aliphatic hydroxyl groups is 1. The number of piperazine rings is 1. The third-order valence-corrected chi connectivity index (χ3v) is 13.5. The molecule has 5 amide bonds. The second-order valence-electron chi connectivity index (χ2n) is 17.0. The lowest BCUT2D eigenvalue weighted by molar-refractivity contribution is -0.135. The van der Waals surface area contributed by atoms with E-state index in [0.29, 0.717) is 152 Å². The Bertz CT molecular complexity index is 2430. The number of benzene rings is 1. The fourth-order valence-electron chi connectivity index (χ4n) is 7.83. The molecule has 5 heterocycles. The number of rotatable bonds is 30. The highest BCUT2D eigenvalue weighted by molar-refractivity contribution is 7.16. The van der Waals surface area contributed by atoms with E-state index in [-0.39, 0.29) is 49.1 Å². The van der Waals surface area contributed by atoms with Crippen molar-refractivity contribution in [3.63, 3.8) is 0 Å². The molecule has 0 radical (unpaired) electrons. The Hall–Kier alpha value is -4.94. The number of carbonyl (C=O) groups excluding carboxylic acids is 5. The zero-order valence-corrected chi connectivity index (χ0v) is 42.7. The third kappa shape index (κ3) is 17.1. The van der Waals surface area contributed by atoms with Gasteiger partial charge in [-0.3, -0.25) is 28.7 Å². The number of ether oxygens (including phenoxy) is 5. The average molecular weight is 1050 g/mol. The van der Waals surface area contributed by atoms with E-state index < -0.39 is 6.61 Å². The van der Waals surface area contributed by atoms with Crippen LogP contribution in [0.5, 0.6) is 0 Å². The number of hydrogen-bond donors (Lipinski definition) is 4. The first kappa shape index (κ1) is 55.4. The minimum Gasteiger partial charge on any atom is -0.387 e. The standard InChI is InChI=1S/C48H65Cl2N9O11S/c1-55(2)14-3-4-42(63)57-18-19-59(43(64)32-57)45-8-6-34(71-45)5-7-40(61)52-13-21-67-23-25-69-27-29-70-28-26-68-24-22-66-20-11-41(62)51-12-17-58-16-10-39(54-58)35-30-37(49)47(50)48-46(35)36-31-56(44(65)33-60)15-9-38(36)53-48/h3-4,6,8,10,16,30,53,60H,5,7,9,11-15,17-29,31-33H2,1-2H3,(H,51,62)(H,52,61)/b4-3+. The highest BCUT2D eigenvalue weighted by Gasteiger charge is 2.29. The molecule has 2 aliphatic rings. The van der Waals surface area contributed by atoms with Gasteiger partial charge in [0.15, 0.2) is 0 Å². The largest absolute Gasteiger partial charge is 0.387 e. The maximum atomic E-state index is 12.8. The van der Waals surface area contributed by atoms with Crippen LogP contribution in [0.3, 0.4) is 0 Å². The number of nitrogens with one attached hydrogen (secondary N) is 3. The first-order chi connectivity index (χ1) is 34.4. The Labute approximate surface area is 427 Å². The maximum Gasteiger partial charge on any atom is 0.248 e.